The molecule has 2 unspecified atom stereocenters. The predicted octanol–water partition coefficient (Wildman–Crippen LogP) is 2.39. The lowest BCUT2D eigenvalue weighted by Gasteiger charge is -2.28. The number of rotatable bonds is 17. The van der Waals surface area contributed by atoms with E-state index in [4.69, 9.17) is 33.7 Å². The number of pyridine rings is 1. The quantitative estimate of drug-likeness (QED) is 0.0684. The molecule has 0 spiro atoms. The van der Waals surface area contributed by atoms with Gasteiger partial charge >= 0.3 is 18.5 Å². The van der Waals surface area contributed by atoms with Crippen LogP contribution >= 0.6 is 18.2 Å². The van der Waals surface area contributed by atoms with Gasteiger partial charge in [-0.2, -0.15) is 0 Å². The molecule has 286 valence electrons. The van der Waals surface area contributed by atoms with Crippen LogP contribution in [0.4, 0.5) is 5.69 Å². The van der Waals surface area contributed by atoms with Crippen LogP contribution in [0.2, 0.25) is 0 Å². The second-order valence-electron chi connectivity index (χ2n) is 12.3. The highest BCUT2D eigenvalue weighted by molar-refractivity contribution is 8.55. The summed E-state index contributed by atoms with van der Waals surface area (Å²) in [6.45, 7) is -4.87. The zero-order valence-corrected chi connectivity index (χ0v) is 30.4. The summed E-state index contributed by atoms with van der Waals surface area (Å²) in [7, 11) is 1.34. The van der Waals surface area contributed by atoms with Crippen molar-refractivity contribution in [3.05, 3.63) is 87.6 Å². The van der Waals surface area contributed by atoms with Crippen molar-refractivity contribution in [1.82, 2.24) is 24.1 Å². The predicted molar refractivity (Wildman–Crippen MR) is 191 cm³/mol. The van der Waals surface area contributed by atoms with Crippen LogP contribution in [0.25, 0.3) is 11.2 Å². The number of aromatic amines is 1. The Hall–Kier alpha value is -3.91. The number of unbranched alkanes of at least 4 members (excludes halogenated alkanes) is 2. The third-order valence-corrected chi connectivity index (χ3v) is 12.6. The van der Waals surface area contributed by atoms with Gasteiger partial charge in [-0.25, -0.2) is 24.1 Å². The maximum absolute atomic E-state index is 14.5. The Labute approximate surface area is 306 Å². The number of nitrogen functional groups attached to an aromatic ring is 1. The zero-order chi connectivity index (χ0) is 37.5. The number of esters is 1. The number of imidazole rings is 1. The molecule has 2 aliphatic rings. The van der Waals surface area contributed by atoms with E-state index in [9.17, 15) is 29.2 Å². The van der Waals surface area contributed by atoms with Crippen molar-refractivity contribution in [2.24, 2.45) is 0 Å². The summed E-state index contributed by atoms with van der Waals surface area (Å²) >= 11 is 0.904. The monoisotopic (exact) mass is 776 g/mol. The van der Waals surface area contributed by atoms with Crippen molar-refractivity contribution in [2.75, 3.05) is 38.4 Å². The number of aromatic nitrogens is 5. The number of fused-ring (bicyclic) bond motifs is 1. The molecule has 5 heterocycles. The van der Waals surface area contributed by atoms with Gasteiger partial charge in [0, 0.05) is 37.7 Å². The Morgan fingerprint density at radius 3 is 2.64 bits per heavy atom. The number of anilines is 1. The van der Waals surface area contributed by atoms with Crippen molar-refractivity contribution in [3.63, 3.8) is 0 Å². The Morgan fingerprint density at radius 2 is 1.89 bits per heavy atom. The van der Waals surface area contributed by atoms with Gasteiger partial charge in [0.05, 0.1) is 43.5 Å². The lowest BCUT2D eigenvalue weighted by atomic mass is 10.1. The maximum atomic E-state index is 14.5. The number of carbonyl (C=O) groups excluding carboxylic acids is 1. The number of hydrogen-bond acceptors (Lipinski definition) is 16. The van der Waals surface area contributed by atoms with Crippen LogP contribution in [0.15, 0.2) is 70.8 Å². The highest BCUT2D eigenvalue weighted by atomic mass is 32.7. The molecule has 2 saturated heterocycles. The third kappa shape index (κ3) is 9.08. The smallest absolute Gasteiger partial charge is 0.389 e. The fourth-order valence-electron chi connectivity index (χ4n) is 6.08. The SMILES string of the molecule is COC1[C@@H](OP(=O)(OC[C@H]2O[C@@H](n3cnc4c(N)ccnc43)C[C@H]2O)SCCCCCOC(=O)c2ccccc2)[C@@H](CO)O[C@H]1n1ccc(=O)[nH]c1=O. The second-order valence-corrected chi connectivity index (χ2v) is 16.5. The van der Waals surface area contributed by atoms with Gasteiger partial charge in [-0.15, -0.1) is 0 Å². The summed E-state index contributed by atoms with van der Waals surface area (Å²) in [6, 6.07) is 11.4. The molecule has 4 aromatic rings. The van der Waals surface area contributed by atoms with Gasteiger partial charge < -0.3 is 34.9 Å². The largest absolute Gasteiger partial charge is 0.462 e. The van der Waals surface area contributed by atoms with Crippen molar-refractivity contribution in [2.45, 2.75) is 68.7 Å². The first-order valence-electron chi connectivity index (χ1n) is 16.9. The standard InChI is InChI=1S/C33H41N6O12PS/c1-46-29-28(23(17-40)50-31(29)38-13-11-25(42)37-33(38)44)51-52(45,53-15-7-3-6-14-47-32(43)20-8-4-2-5-9-20)48-18-24-22(41)16-26(49-24)39-19-36-27-21(34)10-12-35-30(27)39/h2,4-5,8-13,19,22-24,26,28-29,31,40-41H,3,6-7,14-18H2,1H3,(H2,34,35)(H,37,42,44)/t22-,23-,24-,26-,28+,29?,31-,52?/m1/s1. The lowest BCUT2D eigenvalue weighted by molar-refractivity contribution is -0.0625. The van der Waals surface area contributed by atoms with Crippen LogP contribution in [0, 0.1) is 0 Å². The molecule has 3 aromatic heterocycles. The Kier molecular flexibility index (Phi) is 12.8. The lowest BCUT2D eigenvalue weighted by Crippen LogP contribution is -2.39. The van der Waals surface area contributed by atoms with Crippen LogP contribution in [0.5, 0.6) is 0 Å². The molecule has 2 aliphatic heterocycles. The van der Waals surface area contributed by atoms with Gasteiger partial charge in [0.1, 0.15) is 36.2 Å². The van der Waals surface area contributed by atoms with Crippen molar-refractivity contribution < 1.29 is 47.6 Å². The van der Waals surface area contributed by atoms with E-state index in [0.717, 1.165) is 22.0 Å². The van der Waals surface area contributed by atoms with E-state index in [2.05, 4.69) is 15.0 Å². The fraction of sp³-hybridized carbons (Fsp3) is 0.485. The normalized spacial score (nSPS) is 25.5. The van der Waals surface area contributed by atoms with E-state index in [1.807, 2.05) is 6.07 Å². The third-order valence-electron chi connectivity index (χ3n) is 8.80. The molecule has 0 bridgehead atoms. The minimum absolute atomic E-state index is 0.160. The van der Waals surface area contributed by atoms with Crippen molar-refractivity contribution >= 4 is 41.0 Å². The van der Waals surface area contributed by atoms with Gasteiger partial charge in [0.25, 0.3) is 5.56 Å². The number of hydrogen-bond donors (Lipinski definition) is 4. The number of nitrogens with two attached hydrogens (primary N) is 1. The fourth-order valence-corrected chi connectivity index (χ4v) is 9.66. The van der Waals surface area contributed by atoms with Crippen molar-refractivity contribution in [3.8, 4) is 0 Å². The van der Waals surface area contributed by atoms with Crippen LogP contribution in [0.3, 0.4) is 0 Å². The second kappa shape index (κ2) is 17.5. The topological polar surface area (TPSA) is 242 Å². The van der Waals surface area contributed by atoms with E-state index in [-0.39, 0.29) is 19.6 Å². The zero-order valence-electron chi connectivity index (χ0n) is 28.7. The Morgan fingerprint density at radius 1 is 1.08 bits per heavy atom. The van der Waals surface area contributed by atoms with Gasteiger partial charge in [-0.1, -0.05) is 18.2 Å². The van der Waals surface area contributed by atoms with E-state index in [1.54, 1.807) is 41.1 Å². The summed E-state index contributed by atoms with van der Waals surface area (Å²) in [5, 5.41) is 21.2. The van der Waals surface area contributed by atoms with E-state index < -0.39 is 73.6 Å². The molecular formula is C33H41N6O12PS. The van der Waals surface area contributed by atoms with Crippen LogP contribution in [-0.2, 0) is 32.6 Å². The minimum Gasteiger partial charge on any atom is -0.462 e. The van der Waals surface area contributed by atoms with Crippen LogP contribution < -0.4 is 17.0 Å². The van der Waals surface area contributed by atoms with E-state index >= 15 is 0 Å². The molecule has 5 N–H and O–H groups in total. The van der Waals surface area contributed by atoms with Gasteiger partial charge in [-0.05, 0) is 48.8 Å². The number of carbonyl (C=O) groups is 1. The Balaban J connectivity index is 1.12. The van der Waals surface area contributed by atoms with Gasteiger partial charge in [0.15, 0.2) is 11.9 Å². The molecule has 0 amide bonds. The maximum Gasteiger partial charge on any atom is 0.389 e. The summed E-state index contributed by atoms with van der Waals surface area (Å²) in [5.74, 6) is -0.120. The molecule has 8 atom stereocenters. The summed E-state index contributed by atoms with van der Waals surface area (Å²) in [5.41, 5.74) is 6.49. The molecule has 0 radical (unpaired) electrons. The van der Waals surface area contributed by atoms with Crippen molar-refractivity contribution in [1.29, 1.82) is 0 Å². The van der Waals surface area contributed by atoms with Gasteiger partial charge in [-0.3, -0.25) is 28.0 Å². The molecule has 1 aromatic carbocycles. The number of methoxy groups -OCH3 is 1. The first-order valence-corrected chi connectivity index (χ1v) is 20.0. The molecular weight excluding hydrogens is 735 g/mol. The number of nitrogens with zero attached hydrogens (tertiary/aromatic N) is 4. The summed E-state index contributed by atoms with van der Waals surface area (Å²) < 4.78 is 52.4. The first-order chi connectivity index (χ1) is 25.6. The minimum atomic E-state index is -4.15. The molecule has 18 nitrogen and oxygen atoms in total. The molecule has 0 aliphatic carbocycles. The van der Waals surface area contributed by atoms with Crippen LogP contribution in [0.1, 0.15) is 48.5 Å². The highest BCUT2D eigenvalue weighted by Gasteiger charge is 2.50. The summed E-state index contributed by atoms with van der Waals surface area (Å²) in [4.78, 5) is 47.3. The molecule has 2 fully saturated rings. The Bertz CT molecular complexity index is 2010. The average Bonchev–Trinajstić information content (AvgIpc) is 3.85. The number of H-pyrrole nitrogens is 1. The summed E-state index contributed by atoms with van der Waals surface area (Å²) in [6.07, 6.45) is -0.951. The first kappa shape index (κ1) is 38.8. The number of aliphatic hydroxyl groups is 2. The van der Waals surface area contributed by atoms with E-state index in [1.165, 1.54) is 19.6 Å². The van der Waals surface area contributed by atoms with Gasteiger partial charge in [0.2, 0.25) is 0 Å². The number of benzene rings is 1. The molecule has 20 heteroatoms. The molecule has 0 saturated carbocycles. The molecule has 6 rings (SSSR count). The molecule has 53 heavy (non-hydrogen) atoms. The average molecular weight is 777 g/mol. The van der Waals surface area contributed by atoms with E-state index in [0.29, 0.717) is 47.4 Å². The number of aliphatic hydroxyl groups excluding tert-OH is 2. The van der Waals surface area contributed by atoms with Crippen LogP contribution in [-0.4, -0.2) is 103 Å². The number of nitrogens with one attached hydrogen (secondary N) is 1. The number of ether oxygens (including phenoxy) is 4. The highest BCUT2D eigenvalue weighted by Crippen LogP contribution is 2.63.